The molecule has 1 unspecified atom stereocenters. The molecule has 29 heavy (non-hydrogen) atoms. The molecule has 2 saturated heterocycles. The predicted molar refractivity (Wildman–Crippen MR) is 117 cm³/mol. The molecule has 5 nitrogen and oxygen atoms in total. The molecule has 2 aromatic carbocycles. The van der Waals surface area contributed by atoms with E-state index in [-0.39, 0.29) is 0 Å². The second kappa shape index (κ2) is 9.31. The van der Waals surface area contributed by atoms with Gasteiger partial charge >= 0.3 is 0 Å². The third-order valence-corrected chi connectivity index (χ3v) is 5.84. The van der Waals surface area contributed by atoms with Crippen molar-refractivity contribution in [3.05, 3.63) is 54.6 Å². The van der Waals surface area contributed by atoms with Crippen LogP contribution in [-0.4, -0.2) is 56.9 Å². The normalized spacial score (nSPS) is 21.7. The van der Waals surface area contributed by atoms with Gasteiger partial charge in [0.25, 0.3) is 0 Å². The predicted octanol–water partition coefficient (Wildman–Crippen LogP) is 3.81. The Balaban J connectivity index is 1.37. The molecule has 4 rings (SSSR count). The van der Waals surface area contributed by atoms with Crippen LogP contribution in [0.5, 0.6) is 5.75 Å². The van der Waals surface area contributed by atoms with E-state index in [1.54, 1.807) is 0 Å². The standard InChI is InChI=1S/C24H31N3O2/c1-2-25-23(27-15-12-24(18-27)13-16-28-19-24)26-14-17-29-22-11-7-6-10-21(22)20-8-4-3-5-9-20/h3-11H,2,12-19H2,1H3,(H,25,26). The Kier molecular flexibility index (Phi) is 6.35. The topological polar surface area (TPSA) is 46.1 Å². The lowest BCUT2D eigenvalue weighted by Gasteiger charge is -2.25. The van der Waals surface area contributed by atoms with Crippen LogP contribution < -0.4 is 10.1 Å². The minimum absolute atomic E-state index is 0.335. The van der Waals surface area contributed by atoms with Gasteiger partial charge in [0.1, 0.15) is 12.4 Å². The van der Waals surface area contributed by atoms with Crippen LogP contribution in [0, 0.1) is 5.41 Å². The molecule has 0 radical (unpaired) electrons. The molecule has 2 fully saturated rings. The number of aliphatic imine (C=N–C) groups is 1. The van der Waals surface area contributed by atoms with Gasteiger partial charge < -0.3 is 19.7 Å². The summed E-state index contributed by atoms with van der Waals surface area (Å²) in [4.78, 5) is 7.22. The SMILES string of the molecule is CCNC(=NCCOc1ccccc1-c1ccccc1)N1CCC2(CCOC2)C1. The molecule has 0 aromatic heterocycles. The van der Waals surface area contributed by atoms with Gasteiger partial charge in [-0.1, -0.05) is 48.5 Å². The first-order valence-electron chi connectivity index (χ1n) is 10.7. The number of nitrogens with zero attached hydrogens (tertiary/aromatic N) is 2. The Hall–Kier alpha value is -2.53. The van der Waals surface area contributed by atoms with E-state index in [9.17, 15) is 0 Å². The number of rotatable bonds is 6. The maximum absolute atomic E-state index is 6.10. The largest absolute Gasteiger partial charge is 0.491 e. The lowest BCUT2D eigenvalue weighted by molar-refractivity contribution is 0.156. The van der Waals surface area contributed by atoms with Crippen LogP contribution in [0.25, 0.3) is 11.1 Å². The van der Waals surface area contributed by atoms with Gasteiger partial charge in [-0.2, -0.15) is 0 Å². The van der Waals surface area contributed by atoms with Crippen LogP contribution in [0.3, 0.4) is 0 Å². The lowest BCUT2D eigenvalue weighted by atomic mass is 9.87. The van der Waals surface area contributed by atoms with Crippen LogP contribution in [0.15, 0.2) is 59.6 Å². The summed E-state index contributed by atoms with van der Waals surface area (Å²) in [5, 5.41) is 3.45. The van der Waals surface area contributed by atoms with E-state index >= 15 is 0 Å². The summed E-state index contributed by atoms with van der Waals surface area (Å²) in [7, 11) is 0. The number of nitrogens with one attached hydrogen (secondary N) is 1. The Bertz CT molecular complexity index is 816. The van der Waals surface area contributed by atoms with Gasteiger partial charge in [0, 0.05) is 37.2 Å². The summed E-state index contributed by atoms with van der Waals surface area (Å²) in [6, 6.07) is 18.6. The van der Waals surface area contributed by atoms with Gasteiger partial charge in [0.15, 0.2) is 5.96 Å². The van der Waals surface area contributed by atoms with Crippen molar-refractivity contribution in [3.63, 3.8) is 0 Å². The van der Waals surface area contributed by atoms with Crippen molar-refractivity contribution < 1.29 is 9.47 Å². The maximum Gasteiger partial charge on any atom is 0.194 e. The van der Waals surface area contributed by atoms with Crippen LogP contribution >= 0.6 is 0 Å². The fourth-order valence-electron chi connectivity index (χ4n) is 4.27. The third-order valence-electron chi connectivity index (χ3n) is 5.84. The van der Waals surface area contributed by atoms with Gasteiger partial charge in [-0.3, -0.25) is 0 Å². The third kappa shape index (κ3) is 4.73. The Morgan fingerprint density at radius 2 is 1.97 bits per heavy atom. The molecule has 0 aliphatic carbocycles. The van der Waals surface area contributed by atoms with Crippen molar-refractivity contribution in [3.8, 4) is 16.9 Å². The molecule has 0 bridgehead atoms. The summed E-state index contributed by atoms with van der Waals surface area (Å²) in [5.41, 5.74) is 2.62. The molecule has 1 spiro atoms. The molecule has 2 aliphatic rings. The van der Waals surface area contributed by atoms with Crippen molar-refractivity contribution in [2.24, 2.45) is 10.4 Å². The van der Waals surface area contributed by atoms with E-state index in [1.807, 2.05) is 24.3 Å². The van der Waals surface area contributed by atoms with E-state index in [1.165, 1.54) is 18.4 Å². The van der Waals surface area contributed by atoms with Gasteiger partial charge in [0.2, 0.25) is 0 Å². The first kappa shape index (κ1) is 19.8. The number of ether oxygens (including phenoxy) is 2. The first-order chi connectivity index (χ1) is 14.3. The van der Waals surface area contributed by atoms with Crippen LogP contribution in [0.2, 0.25) is 0 Å². The minimum Gasteiger partial charge on any atom is -0.491 e. The summed E-state index contributed by atoms with van der Waals surface area (Å²) in [6.45, 7) is 8.05. The number of benzene rings is 2. The number of likely N-dealkylation sites (tertiary alicyclic amines) is 1. The number of hydrogen-bond donors (Lipinski definition) is 1. The molecule has 2 aromatic rings. The summed E-state index contributed by atoms with van der Waals surface area (Å²) in [6.07, 6.45) is 2.36. The van der Waals surface area contributed by atoms with E-state index in [0.29, 0.717) is 18.6 Å². The van der Waals surface area contributed by atoms with Crippen LogP contribution in [-0.2, 0) is 4.74 Å². The Morgan fingerprint density at radius 3 is 2.76 bits per heavy atom. The quantitative estimate of drug-likeness (QED) is 0.461. The Labute approximate surface area is 173 Å². The first-order valence-corrected chi connectivity index (χ1v) is 10.7. The van der Waals surface area contributed by atoms with Crippen molar-refractivity contribution in [1.82, 2.24) is 10.2 Å². The maximum atomic E-state index is 6.10. The molecule has 154 valence electrons. The zero-order valence-electron chi connectivity index (χ0n) is 17.3. The van der Waals surface area contributed by atoms with Gasteiger partial charge in [0.05, 0.1) is 13.2 Å². The fourth-order valence-corrected chi connectivity index (χ4v) is 4.27. The number of para-hydroxylation sites is 1. The van der Waals surface area contributed by atoms with Crippen molar-refractivity contribution >= 4 is 5.96 Å². The summed E-state index contributed by atoms with van der Waals surface area (Å²) >= 11 is 0. The van der Waals surface area contributed by atoms with E-state index in [4.69, 9.17) is 14.5 Å². The monoisotopic (exact) mass is 393 g/mol. The number of hydrogen-bond acceptors (Lipinski definition) is 3. The van der Waals surface area contributed by atoms with Crippen molar-refractivity contribution in [2.45, 2.75) is 19.8 Å². The molecule has 1 atom stereocenters. The number of guanidine groups is 1. The van der Waals surface area contributed by atoms with Crippen LogP contribution in [0.4, 0.5) is 0 Å². The molecule has 0 saturated carbocycles. The van der Waals surface area contributed by atoms with E-state index in [2.05, 4.69) is 47.5 Å². The van der Waals surface area contributed by atoms with Crippen molar-refractivity contribution in [1.29, 1.82) is 0 Å². The highest BCUT2D eigenvalue weighted by atomic mass is 16.5. The highest BCUT2D eigenvalue weighted by Gasteiger charge is 2.42. The second-order valence-corrected chi connectivity index (χ2v) is 7.92. The smallest absolute Gasteiger partial charge is 0.194 e. The molecule has 2 aliphatic heterocycles. The molecule has 5 heteroatoms. The van der Waals surface area contributed by atoms with E-state index in [0.717, 1.165) is 50.1 Å². The average molecular weight is 394 g/mol. The minimum atomic E-state index is 0.335. The van der Waals surface area contributed by atoms with Gasteiger partial charge in [-0.05, 0) is 31.4 Å². The average Bonchev–Trinajstić information content (AvgIpc) is 3.41. The van der Waals surface area contributed by atoms with E-state index < -0.39 is 0 Å². The van der Waals surface area contributed by atoms with Gasteiger partial charge in [-0.25, -0.2) is 4.99 Å². The highest BCUT2D eigenvalue weighted by molar-refractivity contribution is 5.80. The van der Waals surface area contributed by atoms with Crippen LogP contribution in [0.1, 0.15) is 19.8 Å². The fraction of sp³-hybridized carbons (Fsp3) is 0.458. The zero-order chi connectivity index (χ0) is 19.9. The molecular weight excluding hydrogens is 362 g/mol. The highest BCUT2D eigenvalue weighted by Crippen LogP contribution is 2.38. The lowest BCUT2D eigenvalue weighted by Crippen LogP contribution is -2.41. The summed E-state index contributed by atoms with van der Waals surface area (Å²) in [5.74, 6) is 1.90. The molecule has 2 heterocycles. The van der Waals surface area contributed by atoms with Crippen molar-refractivity contribution in [2.75, 3.05) is 46.0 Å². The molecule has 0 amide bonds. The molecule has 1 N–H and O–H groups in total. The second-order valence-electron chi connectivity index (χ2n) is 7.92. The van der Waals surface area contributed by atoms with Gasteiger partial charge in [-0.15, -0.1) is 0 Å². The zero-order valence-corrected chi connectivity index (χ0v) is 17.3. The Morgan fingerprint density at radius 1 is 1.14 bits per heavy atom. The molecular formula is C24H31N3O2. The summed E-state index contributed by atoms with van der Waals surface area (Å²) < 4.78 is 11.8.